The second-order valence-electron chi connectivity index (χ2n) is 4.33. The van der Waals surface area contributed by atoms with Gasteiger partial charge in [0.1, 0.15) is 11.8 Å². The van der Waals surface area contributed by atoms with E-state index in [1.807, 2.05) is 19.1 Å². The molecular formula is C16H20ClNO. The molecule has 19 heavy (non-hydrogen) atoms. The van der Waals surface area contributed by atoms with Crippen LogP contribution in [0.3, 0.4) is 0 Å². The van der Waals surface area contributed by atoms with Crippen molar-refractivity contribution in [2.24, 2.45) is 0 Å². The van der Waals surface area contributed by atoms with Crippen LogP contribution in [0.4, 0.5) is 0 Å². The Hall–Kier alpha value is -1.46. The summed E-state index contributed by atoms with van der Waals surface area (Å²) in [5.41, 5.74) is 1.47. The van der Waals surface area contributed by atoms with Crippen LogP contribution in [-0.2, 0) is 4.74 Å². The minimum absolute atomic E-state index is 0.607. The standard InChI is InChI=1S/C16H20ClNO/c1-3-5-6-11-19-16(4-2)15(12-18)13-7-9-14(17)10-8-13/h7-10H,3-6,11H2,1-2H3. The molecule has 0 saturated carbocycles. The number of ether oxygens (including phenoxy) is 1. The lowest BCUT2D eigenvalue weighted by Crippen LogP contribution is -1.98. The second-order valence-corrected chi connectivity index (χ2v) is 4.76. The van der Waals surface area contributed by atoms with E-state index >= 15 is 0 Å². The van der Waals surface area contributed by atoms with Gasteiger partial charge in [0, 0.05) is 11.4 Å². The van der Waals surface area contributed by atoms with Gasteiger partial charge in [-0.2, -0.15) is 5.26 Å². The van der Waals surface area contributed by atoms with Crippen molar-refractivity contribution in [3.05, 3.63) is 40.6 Å². The fraction of sp³-hybridized carbons (Fsp3) is 0.438. The van der Waals surface area contributed by atoms with Gasteiger partial charge in [-0.25, -0.2) is 0 Å². The van der Waals surface area contributed by atoms with Crippen LogP contribution in [-0.4, -0.2) is 6.61 Å². The van der Waals surface area contributed by atoms with Crippen molar-refractivity contribution in [2.45, 2.75) is 39.5 Å². The molecule has 1 aromatic carbocycles. The first-order valence-corrected chi connectivity index (χ1v) is 7.12. The van der Waals surface area contributed by atoms with Gasteiger partial charge in [0.25, 0.3) is 0 Å². The van der Waals surface area contributed by atoms with Crippen LogP contribution < -0.4 is 0 Å². The minimum atomic E-state index is 0.607. The Bertz CT molecular complexity index is 457. The van der Waals surface area contributed by atoms with Gasteiger partial charge >= 0.3 is 0 Å². The van der Waals surface area contributed by atoms with Crippen molar-refractivity contribution in [1.82, 2.24) is 0 Å². The van der Waals surface area contributed by atoms with Crippen molar-refractivity contribution >= 4 is 17.2 Å². The molecule has 0 unspecified atom stereocenters. The lowest BCUT2D eigenvalue weighted by molar-refractivity contribution is 0.200. The van der Waals surface area contributed by atoms with E-state index in [1.54, 1.807) is 12.1 Å². The van der Waals surface area contributed by atoms with Gasteiger partial charge in [-0.1, -0.05) is 50.4 Å². The monoisotopic (exact) mass is 277 g/mol. The second kappa shape index (κ2) is 8.61. The number of nitriles is 1. The summed E-state index contributed by atoms with van der Waals surface area (Å²) in [4.78, 5) is 0. The van der Waals surface area contributed by atoms with Crippen LogP contribution in [0, 0.1) is 11.3 Å². The van der Waals surface area contributed by atoms with Gasteiger partial charge in [0.15, 0.2) is 0 Å². The maximum atomic E-state index is 9.33. The van der Waals surface area contributed by atoms with Crippen molar-refractivity contribution in [1.29, 1.82) is 5.26 Å². The van der Waals surface area contributed by atoms with E-state index < -0.39 is 0 Å². The zero-order chi connectivity index (χ0) is 14.1. The summed E-state index contributed by atoms with van der Waals surface area (Å²) in [6, 6.07) is 9.53. The van der Waals surface area contributed by atoms with Crippen molar-refractivity contribution in [2.75, 3.05) is 6.61 Å². The number of benzene rings is 1. The Morgan fingerprint density at radius 3 is 2.42 bits per heavy atom. The minimum Gasteiger partial charge on any atom is -0.497 e. The van der Waals surface area contributed by atoms with Crippen LogP contribution in [0.25, 0.3) is 5.57 Å². The molecule has 0 aromatic heterocycles. The van der Waals surface area contributed by atoms with Gasteiger partial charge < -0.3 is 4.74 Å². The van der Waals surface area contributed by atoms with Gasteiger partial charge in [0.2, 0.25) is 0 Å². The molecule has 2 nitrogen and oxygen atoms in total. The molecule has 0 N–H and O–H groups in total. The summed E-state index contributed by atoms with van der Waals surface area (Å²) >= 11 is 5.86. The molecule has 3 heteroatoms. The lowest BCUT2D eigenvalue weighted by atomic mass is 10.0. The van der Waals surface area contributed by atoms with E-state index in [0.29, 0.717) is 17.2 Å². The van der Waals surface area contributed by atoms with Crippen molar-refractivity contribution in [3.63, 3.8) is 0 Å². The first-order valence-electron chi connectivity index (χ1n) is 6.74. The molecule has 0 aliphatic rings. The summed E-state index contributed by atoms with van der Waals surface area (Å²) in [5.74, 6) is 0.765. The molecule has 0 fully saturated rings. The number of halogens is 1. The Kier molecular flexibility index (Phi) is 7.07. The summed E-state index contributed by atoms with van der Waals surface area (Å²) in [6.45, 7) is 4.84. The molecular weight excluding hydrogens is 258 g/mol. The van der Waals surface area contributed by atoms with E-state index in [4.69, 9.17) is 16.3 Å². The molecule has 0 saturated heterocycles. The summed E-state index contributed by atoms with van der Waals surface area (Å²) in [6.07, 6.45) is 4.06. The molecule has 0 aliphatic carbocycles. The first kappa shape index (κ1) is 15.6. The Morgan fingerprint density at radius 2 is 1.89 bits per heavy atom. The average molecular weight is 278 g/mol. The quantitative estimate of drug-likeness (QED) is 0.390. The fourth-order valence-corrected chi connectivity index (χ4v) is 1.93. The summed E-state index contributed by atoms with van der Waals surface area (Å²) in [7, 11) is 0. The number of hydrogen-bond donors (Lipinski definition) is 0. The van der Waals surface area contributed by atoms with Crippen LogP contribution >= 0.6 is 11.6 Å². The largest absolute Gasteiger partial charge is 0.497 e. The van der Waals surface area contributed by atoms with Crippen LogP contribution in [0.15, 0.2) is 30.0 Å². The van der Waals surface area contributed by atoms with E-state index in [1.165, 1.54) is 0 Å². The van der Waals surface area contributed by atoms with Crippen molar-refractivity contribution < 1.29 is 4.74 Å². The Balaban J connectivity index is 2.85. The average Bonchev–Trinajstić information content (AvgIpc) is 2.44. The van der Waals surface area contributed by atoms with Gasteiger partial charge in [0.05, 0.1) is 12.2 Å². The van der Waals surface area contributed by atoms with Gasteiger partial charge in [-0.15, -0.1) is 0 Å². The van der Waals surface area contributed by atoms with Crippen LogP contribution in [0.2, 0.25) is 5.02 Å². The molecule has 0 aliphatic heterocycles. The highest BCUT2D eigenvalue weighted by Crippen LogP contribution is 2.23. The molecule has 0 spiro atoms. The van der Waals surface area contributed by atoms with E-state index in [-0.39, 0.29) is 0 Å². The lowest BCUT2D eigenvalue weighted by Gasteiger charge is -2.11. The fourth-order valence-electron chi connectivity index (χ4n) is 1.80. The predicted octanol–water partition coefficient (Wildman–Crippen LogP) is 5.19. The van der Waals surface area contributed by atoms with E-state index in [2.05, 4.69) is 13.0 Å². The zero-order valence-corrected chi connectivity index (χ0v) is 12.3. The summed E-state index contributed by atoms with van der Waals surface area (Å²) in [5, 5.41) is 10.0. The highest BCUT2D eigenvalue weighted by molar-refractivity contribution is 6.30. The van der Waals surface area contributed by atoms with Crippen LogP contribution in [0.5, 0.6) is 0 Å². The smallest absolute Gasteiger partial charge is 0.114 e. The highest BCUT2D eigenvalue weighted by Gasteiger charge is 2.09. The third-order valence-electron chi connectivity index (χ3n) is 2.87. The SMILES string of the molecule is CCCCCOC(CC)=C(C#N)c1ccc(Cl)cc1. The number of unbranched alkanes of at least 4 members (excludes halogenated alkanes) is 2. The van der Waals surface area contributed by atoms with Gasteiger partial charge in [-0.05, 0) is 24.1 Å². The number of hydrogen-bond acceptors (Lipinski definition) is 2. The number of allylic oxidation sites excluding steroid dienone is 2. The third kappa shape index (κ3) is 4.96. The molecule has 0 heterocycles. The molecule has 0 radical (unpaired) electrons. The Labute approximate surface area is 120 Å². The molecule has 0 atom stereocenters. The number of nitrogens with zero attached hydrogens (tertiary/aromatic N) is 1. The Morgan fingerprint density at radius 1 is 1.21 bits per heavy atom. The molecule has 0 amide bonds. The van der Waals surface area contributed by atoms with E-state index in [9.17, 15) is 5.26 Å². The highest BCUT2D eigenvalue weighted by atomic mass is 35.5. The van der Waals surface area contributed by atoms with Gasteiger partial charge in [-0.3, -0.25) is 0 Å². The molecule has 102 valence electrons. The zero-order valence-electron chi connectivity index (χ0n) is 11.6. The topological polar surface area (TPSA) is 33.0 Å². The third-order valence-corrected chi connectivity index (χ3v) is 3.12. The molecule has 0 bridgehead atoms. The maximum absolute atomic E-state index is 9.33. The molecule has 1 rings (SSSR count). The molecule has 1 aromatic rings. The summed E-state index contributed by atoms with van der Waals surface area (Å²) < 4.78 is 5.76. The normalized spacial score (nSPS) is 11.7. The first-order chi connectivity index (χ1) is 9.22. The number of rotatable bonds is 7. The maximum Gasteiger partial charge on any atom is 0.114 e. The van der Waals surface area contributed by atoms with Crippen molar-refractivity contribution in [3.8, 4) is 6.07 Å². The van der Waals surface area contributed by atoms with Crippen LogP contribution in [0.1, 0.15) is 45.1 Å². The predicted molar refractivity (Wildman–Crippen MR) is 79.8 cm³/mol. The van der Waals surface area contributed by atoms with E-state index in [0.717, 1.165) is 37.0 Å².